The summed E-state index contributed by atoms with van der Waals surface area (Å²) in [6, 6.07) is 20.5. The lowest BCUT2D eigenvalue weighted by Crippen LogP contribution is -2.19. The Morgan fingerprint density at radius 1 is 1.03 bits per heavy atom. The second-order valence-electron chi connectivity index (χ2n) is 7.99. The number of fused-ring (bicyclic) bond motifs is 1. The molecule has 0 radical (unpaired) electrons. The summed E-state index contributed by atoms with van der Waals surface area (Å²) in [5.74, 6) is -0.440. The van der Waals surface area contributed by atoms with Gasteiger partial charge in [-0.2, -0.15) is 0 Å². The first-order chi connectivity index (χ1) is 15.3. The molecule has 3 aromatic carbocycles. The van der Waals surface area contributed by atoms with E-state index in [1.165, 1.54) is 12.1 Å². The van der Waals surface area contributed by atoms with Gasteiger partial charge in [0, 0.05) is 28.7 Å². The van der Waals surface area contributed by atoms with Gasteiger partial charge in [-0.1, -0.05) is 68.5 Å². The molecule has 5 heteroatoms. The zero-order chi connectivity index (χ0) is 22.9. The zero-order valence-corrected chi connectivity index (χ0v) is 17.8. The van der Waals surface area contributed by atoms with Crippen LogP contribution in [0.4, 0.5) is 0 Å². The predicted octanol–water partition coefficient (Wildman–Crippen LogP) is 5.85. The molecule has 1 heterocycles. The summed E-state index contributed by atoms with van der Waals surface area (Å²) in [5, 5.41) is 11.1. The summed E-state index contributed by atoms with van der Waals surface area (Å²) in [7, 11) is 0. The molecule has 0 fully saturated rings. The van der Waals surface area contributed by atoms with E-state index in [9.17, 15) is 14.7 Å². The van der Waals surface area contributed by atoms with Gasteiger partial charge in [0.05, 0.1) is 5.56 Å². The fourth-order valence-electron chi connectivity index (χ4n) is 3.56. The highest BCUT2D eigenvalue weighted by Gasteiger charge is 2.30. The number of ether oxygens (including phenoxy) is 1. The van der Waals surface area contributed by atoms with E-state index in [0.717, 1.165) is 0 Å². The van der Waals surface area contributed by atoms with Gasteiger partial charge >= 0.3 is 5.97 Å². The summed E-state index contributed by atoms with van der Waals surface area (Å²) in [4.78, 5) is 25.7. The Morgan fingerprint density at radius 3 is 2.28 bits per heavy atom. The Bertz CT molecular complexity index is 1370. The van der Waals surface area contributed by atoms with Gasteiger partial charge in [-0.25, -0.2) is 4.79 Å². The Balaban J connectivity index is 1.95. The first-order valence-corrected chi connectivity index (χ1v) is 10.1. The number of carbonyl (C=O) groups excluding carboxylic acids is 1. The molecule has 0 spiro atoms. The summed E-state index contributed by atoms with van der Waals surface area (Å²) in [6.07, 6.45) is 1.62. The molecular weight excluding hydrogens is 404 g/mol. The number of esters is 1. The van der Waals surface area contributed by atoms with Crippen LogP contribution in [0.15, 0.2) is 94.7 Å². The SMILES string of the molecule is C=CC(C)(C)c1c(OC(=O)c2ccccc2)cc2oc(-c3ccccc3)cc(=O)c2c1O. The van der Waals surface area contributed by atoms with E-state index >= 15 is 0 Å². The van der Waals surface area contributed by atoms with E-state index in [2.05, 4.69) is 6.58 Å². The van der Waals surface area contributed by atoms with Crippen LogP contribution in [0.25, 0.3) is 22.3 Å². The van der Waals surface area contributed by atoms with Gasteiger partial charge in [0.2, 0.25) is 0 Å². The van der Waals surface area contributed by atoms with Crippen LogP contribution in [0.1, 0.15) is 29.8 Å². The maximum atomic E-state index is 13.0. The summed E-state index contributed by atoms with van der Waals surface area (Å²) < 4.78 is 11.6. The Morgan fingerprint density at radius 2 is 1.66 bits per heavy atom. The van der Waals surface area contributed by atoms with E-state index in [0.29, 0.717) is 16.9 Å². The third kappa shape index (κ3) is 3.81. The number of rotatable bonds is 5. The molecular formula is C27H22O5. The molecule has 4 aromatic rings. The van der Waals surface area contributed by atoms with Crippen LogP contribution >= 0.6 is 0 Å². The van der Waals surface area contributed by atoms with E-state index in [1.807, 2.05) is 30.3 Å². The summed E-state index contributed by atoms with van der Waals surface area (Å²) >= 11 is 0. The summed E-state index contributed by atoms with van der Waals surface area (Å²) in [6.45, 7) is 7.44. The minimum Gasteiger partial charge on any atom is -0.507 e. The van der Waals surface area contributed by atoms with Crippen molar-refractivity contribution in [3.8, 4) is 22.8 Å². The lowest BCUT2D eigenvalue weighted by molar-refractivity contribution is 0.0732. The number of aromatic hydroxyl groups is 1. The van der Waals surface area contributed by atoms with Crippen molar-refractivity contribution in [2.24, 2.45) is 0 Å². The Labute approximate surface area is 185 Å². The van der Waals surface area contributed by atoms with Gasteiger partial charge in [0.1, 0.15) is 28.2 Å². The average molecular weight is 426 g/mol. The average Bonchev–Trinajstić information content (AvgIpc) is 2.79. The molecule has 4 rings (SSSR count). The maximum absolute atomic E-state index is 13.0. The van der Waals surface area contributed by atoms with Crippen molar-refractivity contribution in [1.82, 2.24) is 0 Å². The van der Waals surface area contributed by atoms with Crippen LogP contribution in [0.3, 0.4) is 0 Å². The lowest BCUT2D eigenvalue weighted by atomic mass is 9.82. The van der Waals surface area contributed by atoms with Crippen LogP contribution in [0, 0.1) is 0 Å². The van der Waals surface area contributed by atoms with Crippen LogP contribution in [-0.2, 0) is 5.41 Å². The molecule has 0 aliphatic rings. The number of allylic oxidation sites excluding steroid dienone is 1. The number of phenolic OH excluding ortho intramolecular Hbond substituents is 1. The predicted molar refractivity (Wildman–Crippen MR) is 124 cm³/mol. The molecule has 0 saturated carbocycles. The smallest absolute Gasteiger partial charge is 0.343 e. The van der Waals surface area contributed by atoms with Gasteiger partial charge in [0.15, 0.2) is 5.43 Å². The van der Waals surface area contributed by atoms with Crippen LogP contribution < -0.4 is 10.2 Å². The Kier molecular flexibility index (Phi) is 5.41. The maximum Gasteiger partial charge on any atom is 0.343 e. The van der Waals surface area contributed by atoms with Crippen molar-refractivity contribution in [2.75, 3.05) is 0 Å². The van der Waals surface area contributed by atoms with Crippen molar-refractivity contribution in [2.45, 2.75) is 19.3 Å². The van der Waals surface area contributed by atoms with Crippen LogP contribution in [0.5, 0.6) is 11.5 Å². The molecule has 0 amide bonds. The molecule has 0 aliphatic heterocycles. The van der Waals surface area contributed by atoms with Gasteiger partial charge in [-0.3, -0.25) is 4.79 Å². The quantitative estimate of drug-likeness (QED) is 0.246. The number of benzene rings is 3. The topological polar surface area (TPSA) is 76.7 Å². The molecule has 1 aromatic heterocycles. The largest absolute Gasteiger partial charge is 0.507 e. The van der Waals surface area contributed by atoms with E-state index in [4.69, 9.17) is 9.15 Å². The fraction of sp³-hybridized carbons (Fsp3) is 0.111. The van der Waals surface area contributed by atoms with Gasteiger partial charge in [0.25, 0.3) is 0 Å². The second kappa shape index (κ2) is 8.19. The molecule has 32 heavy (non-hydrogen) atoms. The van der Waals surface area contributed by atoms with Crippen molar-refractivity contribution in [3.63, 3.8) is 0 Å². The molecule has 5 nitrogen and oxygen atoms in total. The first kappa shape index (κ1) is 21.1. The standard InChI is InChI=1S/C27H22O5/c1-4-27(2,3)24-22(32-26(30)18-13-9-6-10-14-18)16-21-23(25(24)29)19(28)15-20(31-21)17-11-7-5-8-12-17/h4-16,29H,1H2,2-3H3. The highest BCUT2D eigenvalue weighted by atomic mass is 16.5. The van der Waals surface area contributed by atoms with Gasteiger partial charge < -0.3 is 14.3 Å². The summed E-state index contributed by atoms with van der Waals surface area (Å²) in [5.41, 5.74) is 0.273. The third-order valence-corrected chi connectivity index (χ3v) is 5.38. The molecule has 0 saturated heterocycles. The lowest BCUT2D eigenvalue weighted by Gasteiger charge is -2.25. The zero-order valence-electron chi connectivity index (χ0n) is 17.8. The second-order valence-corrected chi connectivity index (χ2v) is 7.99. The first-order valence-electron chi connectivity index (χ1n) is 10.1. The highest BCUT2D eigenvalue weighted by Crippen LogP contribution is 2.44. The molecule has 0 atom stereocenters. The monoisotopic (exact) mass is 426 g/mol. The normalized spacial score (nSPS) is 11.3. The molecule has 160 valence electrons. The third-order valence-electron chi connectivity index (χ3n) is 5.38. The van der Waals surface area contributed by atoms with Gasteiger partial charge in [-0.05, 0) is 12.1 Å². The van der Waals surface area contributed by atoms with Crippen LogP contribution in [-0.4, -0.2) is 11.1 Å². The molecule has 1 N–H and O–H groups in total. The number of phenols is 1. The number of carbonyl (C=O) groups is 1. The van der Waals surface area contributed by atoms with Crippen LogP contribution in [0.2, 0.25) is 0 Å². The molecule has 0 bridgehead atoms. The van der Waals surface area contributed by atoms with Crippen molar-refractivity contribution < 1.29 is 19.1 Å². The van der Waals surface area contributed by atoms with E-state index < -0.39 is 16.8 Å². The highest BCUT2D eigenvalue weighted by molar-refractivity contribution is 5.94. The van der Waals surface area contributed by atoms with Gasteiger partial charge in [-0.15, -0.1) is 6.58 Å². The fourth-order valence-corrected chi connectivity index (χ4v) is 3.56. The number of hydrogen-bond acceptors (Lipinski definition) is 5. The van der Waals surface area contributed by atoms with Crippen molar-refractivity contribution in [3.05, 3.63) is 107 Å². The molecule has 0 aliphatic carbocycles. The van der Waals surface area contributed by atoms with E-state index in [1.54, 1.807) is 50.3 Å². The minimum absolute atomic E-state index is 0.0223. The number of hydrogen-bond donors (Lipinski definition) is 1. The minimum atomic E-state index is -0.797. The van der Waals surface area contributed by atoms with Crippen molar-refractivity contribution in [1.29, 1.82) is 0 Å². The van der Waals surface area contributed by atoms with Crippen molar-refractivity contribution >= 4 is 16.9 Å². The van der Waals surface area contributed by atoms with E-state index in [-0.39, 0.29) is 28.0 Å². The molecule has 0 unspecified atom stereocenters. The Hall–Kier alpha value is -4.12.